The second-order valence-electron chi connectivity index (χ2n) is 9.29. The summed E-state index contributed by atoms with van der Waals surface area (Å²) in [4.78, 5) is 41.7. The first-order chi connectivity index (χ1) is 17.9. The highest BCUT2D eigenvalue weighted by Crippen LogP contribution is 2.36. The number of hydrogen-bond donors (Lipinski definition) is 0. The molecule has 9 heteroatoms. The number of carbonyl (C=O) groups is 2. The molecule has 8 nitrogen and oxygen atoms in total. The molecule has 2 aliphatic rings. The van der Waals surface area contributed by atoms with Crippen molar-refractivity contribution in [2.24, 2.45) is 0 Å². The lowest BCUT2D eigenvalue weighted by atomic mass is 9.96. The Morgan fingerprint density at radius 2 is 1.43 bits per heavy atom. The topological polar surface area (TPSA) is 87.0 Å². The molecule has 3 aromatic carbocycles. The first-order valence-corrected chi connectivity index (χ1v) is 12.7. The van der Waals surface area contributed by atoms with Crippen molar-refractivity contribution in [2.45, 2.75) is 25.3 Å². The van der Waals surface area contributed by atoms with Crippen molar-refractivity contribution < 1.29 is 14.5 Å². The molecular formula is C28H27ClN4O4. The number of nitro benzene ring substituents is 1. The van der Waals surface area contributed by atoms with Gasteiger partial charge in [-0.1, -0.05) is 54.1 Å². The number of rotatable bonds is 6. The van der Waals surface area contributed by atoms with E-state index in [9.17, 15) is 19.7 Å². The molecule has 2 saturated heterocycles. The Hall–Kier alpha value is -3.75. The Bertz CT molecular complexity index is 1290. The van der Waals surface area contributed by atoms with Gasteiger partial charge in [0.15, 0.2) is 0 Å². The number of anilines is 2. The number of nitrogens with zero attached hydrogens (tertiary/aromatic N) is 4. The number of hydrogen-bond acceptors (Lipinski definition) is 6. The third-order valence-electron chi connectivity index (χ3n) is 7.02. The van der Waals surface area contributed by atoms with Gasteiger partial charge in [-0.05, 0) is 41.8 Å². The van der Waals surface area contributed by atoms with Gasteiger partial charge in [0.25, 0.3) is 5.69 Å². The molecular weight excluding hydrogens is 492 g/mol. The Labute approximate surface area is 220 Å². The average molecular weight is 519 g/mol. The quantitative estimate of drug-likeness (QED) is 0.253. The number of piperidine rings is 1. The lowest BCUT2D eigenvalue weighted by molar-refractivity contribution is -0.384. The van der Waals surface area contributed by atoms with Crippen molar-refractivity contribution >= 4 is 40.5 Å². The highest BCUT2D eigenvalue weighted by Gasteiger charge is 2.32. The van der Waals surface area contributed by atoms with E-state index in [4.69, 9.17) is 11.6 Å². The van der Waals surface area contributed by atoms with E-state index in [-0.39, 0.29) is 42.1 Å². The van der Waals surface area contributed by atoms with E-state index in [1.54, 1.807) is 12.1 Å². The van der Waals surface area contributed by atoms with Gasteiger partial charge < -0.3 is 4.90 Å². The SMILES string of the molecule is O=C1CCCC(=O)N1c1ccc(N2CCN([C@H](c3ccccc3)c3ccc(Cl)cc3)CC2)c([N+](=O)[O-])c1. The summed E-state index contributed by atoms with van der Waals surface area (Å²) in [5.41, 5.74) is 2.96. The van der Waals surface area contributed by atoms with Crippen LogP contribution in [0.25, 0.3) is 0 Å². The largest absolute Gasteiger partial charge is 0.363 e. The average Bonchev–Trinajstić information content (AvgIpc) is 2.91. The fraction of sp³-hybridized carbons (Fsp3) is 0.286. The molecule has 0 bridgehead atoms. The highest BCUT2D eigenvalue weighted by atomic mass is 35.5. The van der Waals surface area contributed by atoms with Crippen LogP contribution in [0.2, 0.25) is 5.02 Å². The minimum absolute atomic E-state index is 0.0362. The maximum atomic E-state index is 12.3. The van der Waals surface area contributed by atoms with Gasteiger partial charge in [0.05, 0.1) is 16.7 Å². The van der Waals surface area contributed by atoms with Crippen molar-refractivity contribution in [2.75, 3.05) is 36.0 Å². The predicted octanol–water partition coefficient (Wildman–Crippen LogP) is 5.20. The highest BCUT2D eigenvalue weighted by molar-refractivity contribution is 6.30. The number of carbonyl (C=O) groups excluding carboxylic acids is 2. The van der Waals surface area contributed by atoms with Crippen LogP contribution >= 0.6 is 11.6 Å². The Kier molecular flexibility index (Phi) is 7.21. The van der Waals surface area contributed by atoms with Crippen molar-refractivity contribution in [3.63, 3.8) is 0 Å². The van der Waals surface area contributed by atoms with E-state index in [2.05, 4.69) is 17.0 Å². The second-order valence-corrected chi connectivity index (χ2v) is 9.73. The molecule has 2 amide bonds. The third kappa shape index (κ3) is 5.21. The molecule has 0 radical (unpaired) electrons. The van der Waals surface area contributed by atoms with Crippen LogP contribution in [0.3, 0.4) is 0 Å². The van der Waals surface area contributed by atoms with Gasteiger partial charge in [-0.25, -0.2) is 0 Å². The molecule has 0 N–H and O–H groups in total. The van der Waals surface area contributed by atoms with Gasteiger partial charge in [-0.2, -0.15) is 0 Å². The fourth-order valence-corrected chi connectivity index (χ4v) is 5.35. The van der Waals surface area contributed by atoms with Crippen molar-refractivity contribution in [3.05, 3.63) is 99.1 Å². The standard InChI is InChI=1S/C28H27ClN4O4/c29-22-11-9-21(10-12-22)28(20-5-2-1-3-6-20)31-17-15-30(16-18-31)24-14-13-23(19-25(24)33(36)37)32-26(34)7-4-8-27(32)35/h1-3,5-6,9-14,19,28H,4,7-8,15-18H2/t28-/m1/s1. The molecule has 37 heavy (non-hydrogen) atoms. The lowest BCUT2D eigenvalue weighted by Gasteiger charge is -2.40. The van der Waals surface area contributed by atoms with Crippen LogP contribution in [0.1, 0.15) is 36.4 Å². The number of amides is 2. The molecule has 0 spiro atoms. The van der Waals surface area contributed by atoms with Gasteiger partial charge in [0, 0.05) is 50.1 Å². The molecule has 2 fully saturated rings. The number of imide groups is 1. The Morgan fingerprint density at radius 3 is 2.05 bits per heavy atom. The molecule has 0 unspecified atom stereocenters. The zero-order chi connectivity index (χ0) is 25.9. The van der Waals surface area contributed by atoms with Crippen LogP contribution in [-0.4, -0.2) is 47.8 Å². The summed E-state index contributed by atoms with van der Waals surface area (Å²) < 4.78 is 0. The zero-order valence-corrected chi connectivity index (χ0v) is 21.0. The maximum Gasteiger partial charge on any atom is 0.294 e. The summed E-state index contributed by atoms with van der Waals surface area (Å²) in [6.45, 7) is 2.59. The lowest BCUT2D eigenvalue weighted by Crippen LogP contribution is -2.48. The summed E-state index contributed by atoms with van der Waals surface area (Å²) in [7, 11) is 0. The van der Waals surface area contributed by atoms with E-state index in [1.807, 2.05) is 47.4 Å². The summed E-state index contributed by atoms with van der Waals surface area (Å²) in [6.07, 6.45) is 1.04. The number of piperazine rings is 1. The number of benzene rings is 3. The normalized spacial score (nSPS) is 17.6. The molecule has 3 aromatic rings. The summed E-state index contributed by atoms with van der Waals surface area (Å²) in [5, 5.41) is 12.7. The van der Waals surface area contributed by atoms with Crippen molar-refractivity contribution in [3.8, 4) is 0 Å². The van der Waals surface area contributed by atoms with E-state index in [0.717, 1.165) is 10.5 Å². The minimum atomic E-state index is -0.440. The number of nitro groups is 1. The van der Waals surface area contributed by atoms with Crippen LogP contribution in [0.4, 0.5) is 17.1 Å². The van der Waals surface area contributed by atoms with Crippen LogP contribution in [0, 0.1) is 10.1 Å². The minimum Gasteiger partial charge on any atom is -0.363 e. The number of halogens is 1. The van der Waals surface area contributed by atoms with Crippen LogP contribution in [-0.2, 0) is 9.59 Å². The monoisotopic (exact) mass is 518 g/mol. The molecule has 5 rings (SSSR count). The van der Waals surface area contributed by atoms with Gasteiger partial charge in [0.1, 0.15) is 5.69 Å². The van der Waals surface area contributed by atoms with Crippen LogP contribution < -0.4 is 9.80 Å². The summed E-state index contributed by atoms with van der Waals surface area (Å²) in [6, 6.07) is 22.8. The van der Waals surface area contributed by atoms with Crippen molar-refractivity contribution in [1.82, 2.24) is 4.90 Å². The molecule has 190 valence electrons. The van der Waals surface area contributed by atoms with Gasteiger partial charge >= 0.3 is 0 Å². The van der Waals surface area contributed by atoms with E-state index in [1.165, 1.54) is 11.6 Å². The Morgan fingerprint density at radius 1 is 0.811 bits per heavy atom. The zero-order valence-electron chi connectivity index (χ0n) is 20.3. The molecule has 0 saturated carbocycles. The van der Waals surface area contributed by atoms with E-state index < -0.39 is 4.92 Å². The smallest absolute Gasteiger partial charge is 0.294 e. The van der Waals surface area contributed by atoms with Crippen molar-refractivity contribution in [1.29, 1.82) is 0 Å². The second kappa shape index (κ2) is 10.7. The van der Waals surface area contributed by atoms with Crippen LogP contribution in [0.5, 0.6) is 0 Å². The first-order valence-electron chi connectivity index (χ1n) is 12.4. The molecule has 2 aliphatic heterocycles. The third-order valence-corrected chi connectivity index (χ3v) is 7.27. The van der Waals surface area contributed by atoms with E-state index in [0.29, 0.717) is 43.3 Å². The van der Waals surface area contributed by atoms with E-state index >= 15 is 0 Å². The summed E-state index contributed by atoms with van der Waals surface area (Å²) in [5.74, 6) is -0.637. The Balaban J connectivity index is 1.38. The molecule has 0 aromatic heterocycles. The molecule has 2 heterocycles. The predicted molar refractivity (Wildman–Crippen MR) is 143 cm³/mol. The maximum absolute atomic E-state index is 12.3. The van der Waals surface area contributed by atoms with Gasteiger partial charge in [-0.15, -0.1) is 0 Å². The van der Waals surface area contributed by atoms with Crippen LogP contribution in [0.15, 0.2) is 72.8 Å². The van der Waals surface area contributed by atoms with Gasteiger partial charge in [-0.3, -0.25) is 29.5 Å². The molecule has 0 aliphatic carbocycles. The first kappa shape index (κ1) is 24.9. The van der Waals surface area contributed by atoms with Gasteiger partial charge in [0.2, 0.25) is 11.8 Å². The fourth-order valence-electron chi connectivity index (χ4n) is 5.22. The summed E-state index contributed by atoms with van der Waals surface area (Å²) >= 11 is 6.14. The molecule has 1 atom stereocenters.